The molecule has 82 valence electrons. The molecule has 2 aromatic heterocycles. The fourth-order valence-electron chi connectivity index (χ4n) is 3.03. The zero-order valence-corrected chi connectivity index (χ0v) is 9.14. The van der Waals surface area contributed by atoms with Gasteiger partial charge in [0.25, 0.3) is 0 Å². The number of hydrogen-bond acceptors (Lipinski definition) is 2. The van der Waals surface area contributed by atoms with E-state index in [1.807, 2.05) is 0 Å². The van der Waals surface area contributed by atoms with Crippen molar-refractivity contribution in [2.45, 2.75) is 38.5 Å². The van der Waals surface area contributed by atoms with Crippen molar-refractivity contribution in [1.82, 2.24) is 20.4 Å². The molecule has 0 atom stereocenters. The maximum atomic E-state index is 4.45. The first-order valence-electron chi connectivity index (χ1n) is 6.06. The number of aryl methyl sites for hydroxylation is 2. The number of rotatable bonds is 1. The van der Waals surface area contributed by atoms with E-state index in [1.54, 1.807) is 0 Å². The van der Waals surface area contributed by atoms with Gasteiger partial charge in [0, 0.05) is 22.5 Å². The van der Waals surface area contributed by atoms with E-state index in [4.69, 9.17) is 0 Å². The second-order valence-corrected chi connectivity index (χ2v) is 4.77. The summed E-state index contributed by atoms with van der Waals surface area (Å²) in [4.78, 5) is 0. The number of aromatic nitrogens is 4. The molecule has 4 nitrogen and oxygen atoms in total. The normalized spacial score (nSPS) is 17.8. The van der Waals surface area contributed by atoms with Crippen LogP contribution < -0.4 is 0 Å². The predicted molar refractivity (Wildman–Crippen MR) is 60.2 cm³/mol. The molecule has 0 bridgehead atoms. The van der Waals surface area contributed by atoms with E-state index >= 15 is 0 Å². The number of H-pyrrole nitrogens is 2. The van der Waals surface area contributed by atoms with E-state index in [-0.39, 0.29) is 0 Å². The summed E-state index contributed by atoms with van der Waals surface area (Å²) in [6.45, 7) is 0. The molecule has 2 heterocycles. The average molecular weight is 214 g/mol. The predicted octanol–water partition coefficient (Wildman–Crippen LogP) is 1.78. The summed E-state index contributed by atoms with van der Waals surface area (Å²) in [6.07, 6.45) is 7.11. The standard InChI is InChI=1S/C12H14N4/c1-3-7-9(5-1)13-15-11(7)12-8-4-2-6-10(8)14-16-12/h1-6H2,(H,13,15)(H,14,16). The Morgan fingerprint density at radius 1 is 0.688 bits per heavy atom. The lowest BCUT2D eigenvalue weighted by atomic mass is 10.1. The third kappa shape index (κ3) is 0.991. The van der Waals surface area contributed by atoms with Gasteiger partial charge in [-0.15, -0.1) is 0 Å². The van der Waals surface area contributed by atoms with Crippen molar-refractivity contribution in [3.63, 3.8) is 0 Å². The Morgan fingerprint density at radius 3 is 1.69 bits per heavy atom. The molecule has 4 rings (SSSR count). The van der Waals surface area contributed by atoms with Crippen LogP contribution in [0.25, 0.3) is 11.4 Å². The molecule has 0 aliphatic heterocycles. The maximum Gasteiger partial charge on any atom is 0.116 e. The van der Waals surface area contributed by atoms with Gasteiger partial charge in [-0.3, -0.25) is 10.2 Å². The molecule has 0 amide bonds. The van der Waals surface area contributed by atoms with E-state index < -0.39 is 0 Å². The van der Waals surface area contributed by atoms with Crippen molar-refractivity contribution in [3.05, 3.63) is 22.5 Å². The van der Waals surface area contributed by atoms with Crippen LogP contribution in [0.5, 0.6) is 0 Å². The quantitative estimate of drug-likeness (QED) is 0.760. The highest BCUT2D eigenvalue weighted by atomic mass is 15.2. The minimum Gasteiger partial charge on any atom is -0.282 e. The number of fused-ring (bicyclic) bond motifs is 2. The molecule has 0 spiro atoms. The van der Waals surface area contributed by atoms with Crippen molar-refractivity contribution in [3.8, 4) is 11.4 Å². The summed E-state index contributed by atoms with van der Waals surface area (Å²) in [7, 11) is 0. The molecule has 0 fully saturated rings. The first-order chi connectivity index (χ1) is 7.93. The minimum absolute atomic E-state index is 1.10. The van der Waals surface area contributed by atoms with Crippen LogP contribution in [0, 0.1) is 0 Å². The largest absolute Gasteiger partial charge is 0.282 e. The lowest BCUT2D eigenvalue weighted by Crippen LogP contribution is -1.89. The maximum absolute atomic E-state index is 4.45. The fourth-order valence-corrected chi connectivity index (χ4v) is 3.03. The topological polar surface area (TPSA) is 57.4 Å². The van der Waals surface area contributed by atoms with Gasteiger partial charge in [-0.1, -0.05) is 0 Å². The summed E-state index contributed by atoms with van der Waals surface area (Å²) in [6, 6.07) is 0. The van der Waals surface area contributed by atoms with Crippen LogP contribution in [0.2, 0.25) is 0 Å². The Labute approximate surface area is 93.5 Å². The van der Waals surface area contributed by atoms with Crippen LogP contribution in [-0.4, -0.2) is 20.4 Å². The van der Waals surface area contributed by atoms with Gasteiger partial charge in [-0.25, -0.2) is 0 Å². The van der Waals surface area contributed by atoms with Gasteiger partial charge in [0.2, 0.25) is 0 Å². The van der Waals surface area contributed by atoms with Gasteiger partial charge in [0.1, 0.15) is 11.4 Å². The number of nitrogens with one attached hydrogen (secondary N) is 2. The lowest BCUT2D eigenvalue weighted by Gasteiger charge is -1.97. The Kier molecular flexibility index (Phi) is 1.59. The number of hydrogen-bond donors (Lipinski definition) is 2. The number of nitrogens with zero attached hydrogens (tertiary/aromatic N) is 2. The number of aromatic amines is 2. The highest BCUT2D eigenvalue weighted by Gasteiger charge is 2.26. The highest BCUT2D eigenvalue weighted by Crippen LogP contribution is 2.34. The first-order valence-corrected chi connectivity index (χ1v) is 6.06. The highest BCUT2D eigenvalue weighted by molar-refractivity contribution is 5.66. The third-order valence-electron chi connectivity index (χ3n) is 3.84. The van der Waals surface area contributed by atoms with Gasteiger partial charge in [0.05, 0.1) is 0 Å². The van der Waals surface area contributed by atoms with Gasteiger partial charge >= 0.3 is 0 Å². The molecule has 2 N–H and O–H groups in total. The average Bonchev–Trinajstić information content (AvgIpc) is 2.97. The molecule has 16 heavy (non-hydrogen) atoms. The third-order valence-corrected chi connectivity index (χ3v) is 3.84. The van der Waals surface area contributed by atoms with Crippen LogP contribution in [0.3, 0.4) is 0 Å². The first kappa shape index (κ1) is 8.56. The van der Waals surface area contributed by atoms with Crippen molar-refractivity contribution in [2.24, 2.45) is 0 Å². The Balaban J connectivity index is 1.90. The monoisotopic (exact) mass is 214 g/mol. The fraction of sp³-hybridized carbons (Fsp3) is 0.500. The van der Waals surface area contributed by atoms with Crippen molar-refractivity contribution in [2.75, 3.05) is 0 Å². The van der Waals surface area contributed by atoms with Gasteiger partial charge in [-0.2, -0.15) is 10.2 Å². The Hall–Kier alpha value is -1.58. The molecule has 4 heteroatoms. The van der Waals surface area contributed by atoms with Crippen LogP contribution >= 0.6 is 0 Å². The molecule has 0 unspecified atom stereocenters. The summed E-state index contributed by atoms with van der Waals surface area (Å²) in [5.41, 5.74) is 7.66. The van der Waals surface area contributed by atoms with Crippen LogP contribution in [-0.2, 0) is 25.7 Å². The van der Waals surface area contributed by atoms with Gasteiger partial charge < -0.3 is 0 Å². The van der Waals surface area contributed by atoms with Crippen molar-refractivity contribution in [1.29, 1.82) is 0 Å². The molecule has 2 aromatic rings. The molecule has 2 aliphatic carbocycles. The summed E-state index contributed by atoms with van der Waals surface area (Å²) in [5, 5.41) is 15.2. The summed E-state index contributed by atoms with van der Waals surface area (Å²) < 4.78 is 0. The van der Waals surface area contributed by atoms with Crippen molar-refractivity contribution >= 4 is 0 Å². The lowest BCUT2D eigenvalue weighted by molar-refractivity contribution is 0.854. The van der Waals surface area contributed by atoms with Crippen LogP contribution in [0.1, 0.15) is 35.4 Å². The van der Waals surface area contributed by atoms with E-state index in [9.17, 15) is 0 Å². The van der Waals surface area contributed by atoms with Gasteiger partial charge in [0.15, 0.2) is 0 Å². The second-order valence-electron chi connectivity index (χ2n) is 4.77. The molecule has 2 aliphatic rings. The minimum atomic E-state index is 1.10. The zero-order valence-electron chi connectivity index (χ0n) is 9.14. The Morgan fingerprint density at radius 2 is 1.19 bits per heavy atom. The zero-order chi connectivity index (χ0) is 10.5. The van der Waals surface area contributed by atoms with Crippen LogP contribution in [0.15, 0.2) is 0 Å². The molecule has 0 radical (unpaired) electrons. The Bertz CT molecular complexity index is 499. The SMILES string of the molecule is C1Cc2[nH]nc(-c3n[nH]c4c3CCC4)c2C1. The van der Waals surface area contributed by atoms with Crippen molar-refractivity contribution < 1.29 is 0 Å². The smallest absolute Gasteiger partial charge is 0.116 e. The summed E-state index contributed by atoms with van der Waals surface area (Å²) in [5.74, 6) is 0. The second kappa shape index (κ2) is 2.97. The van der Waals surface area contributed by atoms with E-state index in [1.165, 1.54) is 35.4 Å². The van der Waals surface area contributed by atoms with Crippen LogP contribution in [0.4, 0.5) is 0 Å². The van der Waals surface area contributed by atoms with E-state index in [0.717, 1.165) is 37.1 Å². The van der Waals surface area contributed by atoms with E-state index in [2.05, 4.69) is 20.4 Å². The molecule has 0 saturated heterocycles. The summed E-state index contributed by atoms with van der Waals surface area (Å²) >= 11 is 0. The van der Waals surface area contributed by atoms with E-state index in [0.29, 0.717) is 0 Å². The molecular formula is C12H14N4. The molecule has 0 aromatic carbocycles. The molecule has 0 saturated carbocycles. The van der Waals surface area contributed by atoms with Gasteiger partial charge in [-0.05, 0) is 38.5 Å². The molecular weight excluding hydrogens is 200 g/mol.